The summed E-state index contributed by atoms with van der Waals surface area (Å²) in [4.78, 5) is 1.30. The van der Waals surface area contributed by atoms with E-state index in [1.165, 1.54) is 43.4 Å². The zero-order valence-electron chi connectivity index (χ0n) is 11.3. The van der Waals surface area contributed by atoms with Crippen LogP contribution in [-0.4, -0.2) is 6.26 Å². The van der Waals surface area contributed by atoms with Crippen molar-refractivity contribution in [2.75, 3.05) is 6.26 Å². The summed E-state index contributed by atoms with van der Waals surface area (Å²) in [5.74, 6) is 1.85. The molecule has 1 aliphatic carbocycles. The molecule has 1 aliphatic rings. The summed E-state index contributed by atoms with van der Waals surface area (Å²) in [5.41, 5.74) is 0. The van der Waals surface area contributed by atoms with Crippen molar-refractivity contribution in [3.8, 4) is 0 Å². The SMILES string of the molecule is C=C/C=C(\C=C/CC(C)CC1CCCC1)SC. The van der Waals surface area contributed by atoms with Crippen molar-refractivity contribution >= 4 is 11.8 Å². The predicted molar refractivity (Wildman–Crippen MR) is 81.3 cm³/mol. The maximum absolute atomic E-state index is 3.74. The molecule has 0 bridgehead atoms. The Balaban J connectivity index is 2.26. The Morgan fingerprint density at radius 3 is 2.71 bits per heavy atom. The second kappa shape index (κ2) is 8.63. The first kappa shape index (κ1) is 14.6. The Labute approximate surface area is 111 Å². The maximum Gasteiger partial charge on any atom is 0.00657 e. The van der Waals surface area contributed by atoms with Gasteiger partial charge >= 0.3 is 0 Å². The summed E-state index contributed by atoms with van der Waals surface area (Å²) >= 11 is 1.78. The fraction of sp³-hybridized carbons (Fsp3) is 0.625. The van der Waals surface area contributed by atoms with Crippen molar-refractivity contribution in [3.63, 3.8) is 0 Å². The van der Waals surface area contributed by atoms with E-state index < -0.39 is 0 Å². The molecule has 96 valence electrons. The van der Waals surface area contributed by atoms with Crippen molar-refractivity contribution in [2.24, 2.45) is 11.8 Å². The molecule has 0 radical (unpaired) electrons. The lowest BCUT2D eigenvalue weighted by atomic mass is 9.92. The van der Waals surface area contributed by atoms with Gasteiger partial charge in [-0.25, -0.2) is 0 Å². The number of thioether (sulfide) groups is 1. The van der Waals surface area contributed by atoms with E-state index in [1.807, 2.05) is 6.08 Å². The number of allylic oxidation sites excluding steroid dienone is 4. The van der Waals surface area contributed by atoms with Gasteiger partial charge in [-0.05, 0) is 37.0 Å². The summed E-state index contributed by atoms with van der Waals surface area (Å²) < 4.78 is 0. The summed E-state index contributed by atoms with van der Waals surface area (Å²) in [7, 11) is 0. The average Bonchev–Trinajstić information content (AvgIpc) is 2.80. The van der Waals surface area contributed by atoms with Gasteiger partial charge in [0.2, 0.25) is 0 Å². The van der Waals surface area contributed by atoms with Crippen LogP contribution in [0.5, 0.6) is 0 Å². The molecular formula is C16H26S. The summed E-state index contributed by atoms with van der Waals surface area (Å²) in [6, 6.07) is 0. The highest BCUT2D eigenvalue weighted by Gasteiger charge is 2.16. The molecular weight excluding hydrogens is 224 g/mol. The molecule has 0 amide bonds. The van der Waals surface area contributed by atoms with Gasteiger partial charge in [-0.1, -0.05) is 57.4 Å². The highest BCUT2D eigenvalue weighted by Crippen LogP contribution is 2.31. The molecule has 1 saturated carbocycles. The van der Waals surface area contributed by atoms with E-state index in [9.17, 15) is 0 Å². The average molecular weight is 250 g/mol. The van der Waals surface area contributed by atoms with Crippen LogP contribution in [0.2, 0.25) is 0 Å². The summed E-state index contributed by atoms with van der Waals surface area (Å²) in [6.07, 6.45) is 19.1. The van der Waals surface area contributed by atoms with Crippen LogP contribution in [0.1, 0.15) is 45.4 Å². The van der Waals surface area contributed by atoms with Crippen LogP contribution in [-0.2, 0) is 0 Å². The fourth-order valence-corrected chi connectivity index (χ4v) is 3.10. The minimum atomic E-state index is 0.834. The zero-order chi connectivity index (χ0) is 12.5. The van der Waals surface area contributed by atoms with Gasteiger partial charge in [0.15, 0.2) is 0 Å². The Bertz CT molecular complexity index is 269. The molecule has 1 unspecified atom stereocenters. The summed E-state index contributed by atoms with van der Waals surface area (Å²) in [6.45, 7) is 6.12. The van der Waals surface area contributed by atoms with Gasteiger partial charge in [0, 0.05) is 4.91 Å². The first-order valence-electron chi connectivity index (χ1n) is 6.79. The number of rotatable bonds is 7. The maximum atomic E-state index is 3.74. The monoisotopic (exact) mass is 250 g/mol. The van der Waals surface area contributed by atoms with E-state index in [4.69, 9.17) is 0 Å². The minimum Gasteiger partial charge on any atom is -0.130 e. The van der Waals surface area contributed by atoms with Crippen LogP contribution < -0.4 is 0 Å². The van der Waals surface area contributed by atoms with Crippen LogP contribution in [0.3, 0.4) is 0 Å². The second-order valence-electron chi connectivity index (χ2n) is 5.14. The first-order chi connectivity index (χ1) is 8.26. The minimum absolute atomic E-state index is 0.834. The van der Waals surface area contributed by atoms with Gasteiger partial charge in [-0.3, -0.25) is 0 Å². The Morgan fingerprint density at radius 2 is 2.12 bits per heavy atom. The largest absolute Gasteiger partial charge is 0.130 e. The summed E-state index contributed by atoms with van der Waals surface area (Å²) in [5, 5.41) is 0. The predicted octanol–water partition coefficient (Wildman–Crippen LogP) is 5.58. The van der Waals surface area contributed by atoms with Crippen LogP contribution in [0.15, 0.2) is 35.8 Å². The molecule has 0 aromatic carbocycles. The molecule has 1 atom stereocenters. The molecule has 1 fully saturated rings. The van der Waals surface area contributed by atoms with E-state index in [1.54, 1.807) is 11.8 Å². The van der Waals surface area contributed by atoms with Crippen LogP contribution in [0, 0.1) is 11.8 Å². The van der Waals surface area contributed by atoms with E-state index >= 15 is 0 Å². The lowest BCUT2D eigenvalue weighted by molar-refractivity contribution is 0.400. The quantitative estimate of drug-likeness (QED) is 0.531. The van der Waals surface area contributed by atoms with Gasteiger partial charge < -0.3 is 0 Å². The molecule has 1 heteroatoms. The molecule has 0 heterocycles. The molecule has 0 N–H and O–H groups in total. The van der Waals surface area contributed by atoms with Crippen molar-refractivity contribution in [2.45, 2.75) is 45.4 Å². The molecule has 0 aromatic heterocycles. The zero-order valence-corrected chi connectivity index (χ0v) is 12.1. The standard InChI is InChI=1S/C16H26S/c1-4-8-16(17-3)12-7-9-14(2)13-15-10-5-6-11-15/h4,7-8,12,14-15H,1,5-6,9-11,13H2,2-3H3/b12-7-,16-8+. The normalized spacial score (nSPS) is 20.0. The highest BCUT2D eigenvalue weighted by atomic mass is 32.2. The van der Waals surface area contributed by atoms with E-state index in [-0.39, 0.29) is 0 Å². The molecule has 0 aliphatic heterocycles. The molecule has 0 nitrogen and oxygen atoms in total. The van der Waals surface area contributed by atoms with Crippen LogP contribution in [0.25, 0.3) is 0 Å². The molecule has 0 spiro atoms. The van der Waals surface area contributed by atoms with Gasteiger partial charge in [0.25, 0.3) is 0 Å². The third-order valence-corrected chi connectivity index (χ3v) is 4.29. The van der Waals surface area contributed by atoms with Gasteiger partial charge in [-0.2, -0.15) is 0 Å². The van der Waals surface area contributed by atoms with Crippen molar-refractivity contribution in [1.82, 2.24) is 0 Å². The second-order valence-corrected chi connectivity index (χ2v) is 6.02. The van der Waals surface area contributed by atoms with E-state index in [0.717, 1.165) is 11.8 Å². The number of hydrogen-bond acceptors (Lipinski definition) is 1. The van der Waals surface area contributed by atoms with E-state index in [0.29, 0.717) is 0 Å². The number of hydrogen-bond donors (Lipinski definition) is 0. The molecule has 0 aromatic rings. The lowest BCUT2D eigenvalue weighted by Gasteiger charge is -2.14. The highest BCUT2D eigenvalue weighted by molar-refractivity contribution is 8.02. The Morgan fingerprint density at radius 1 is 1.41 bits per heavy atom. The Kier molecular flexibility index (Phi) is 7.43. The van der Waals surface area contributed by atoms with Crippen LogP contribution in [0.4, 0.5) is 0 Å². The Hall–Kier alpha value is -0.430. The molecule has 0 saturated heterocycles. The van der Waals surface area contributed by atoms with E-state index in [2.05, 4.69) is 38.0 Å². The molecule has 17 heavy (non-hydrogen) atoms. The topological polar surface area (TPSA) is 0 Å². The third-order valence-electron chi connectivity index (χ3n) is 3.55. The lowest BCUT2D eigenvalue weighted by Crippen LogP contribution is -2.01. The smallest absolute Gasteiger partial charge is 0.00657 e. The first-order valence-corrected chi connectivity index (χ1v) is 8.02. The van der Waals surface area contributed by atoms with Crippen LogP contribution >= 0.6 is 11.8 Å². The van der Waals surface area contributed by atoms with Crippen molar-refractivity contribution in [1.29, 1.82) is 0 Å². The molecule has 1 rings (SSSR count). The van der Waals surface area contributed by atoms with Crippen molar-refractivity contribution < 1.29 is 0 Å². The van der Waals surface area contributed by atoms with Gasteiger partial charge in [0.1, 0.15) is 0 Å². The van der Waals surface area contributed by atoms with Crippen molar-refractivity contribution in [3.05, 3.63) is 35.8 Å². The van der Waals surface area contributed by atoms with Gasteiger partial charge in [0.05, 0.1) is 0 Å². The third kappa shape index (κ3) is 6.16. The van der Waals surface area contributed by atoms with Gasteiger partial charge in [-0.15, -0.1) is 11.8 Å². The fourth-order valence-electron chi connectivity index (χ4n) is 2.64.